The molecule has 1 aromatic rings. The van der Waals surface area contributed by atoms with E-state index in [2.05, 4.69) is 10.6 Å². The predicted molar refractivity (Wildman–Crippen MR) is 87.2 cm³/mol. The van der Waals surface area contributed by atoms with E-state index in [1.165, 1.54) is 19.1 Å². The minimum Gasteiger partial charge on any atom is -0.454 e. The average molecular weight is 370 g/mol. The molecule has 25 heavy (non-hydrogen) atoms. The van der Waals surface area contributed by atoms with E-state index in [9.17, 15) is 24.5 Å². The van der Waals surface area contributed by atoms with Crippen LogP contribution in [-0.4, -0.2) is 41.4 Å². The molecule has 2 rings (SSSR count). The third-order valence-electron chi connectivity index (χ3n) is 3.39. The van der Waals surface area contributed by atoms with Crippen LogP contribution in [0.25, 0.3) is 0 Å². The smallest absolute Gasteiger partial charge is 0.328 e. The van der Waals surface area contributed by atoms with Gasteiger partial charge >= 0.3 is 5.97 Å². The first-order chi connectivity index (χ1) is 11.8. The Morgan fingerprint density at radius 3 is 2.68 bits per heavy atom. The molecule has 0 aliphatic heterocycles. The third kappa shape index (κ3) is 5.42. The van der Waals surface area contributed by atoms with Gasteiger partial charge in [0.05, 0.1) is 4.92 Å². The quantitative estimate of drug-likeness (QED) is 0.422. The van der Waals surface area contributed by atoms with Crippen molar-refractivity contribution in [2.24, 2.45) is 0 Å². The van der Waals surface area contributed by atoms with E-state index in [1.807, 2.05) is 0 Å². The van der Waals surface area contributed by atoms with E-state index >= 15 is 0 Å². The largest absolute Gasteiger partial charge is 0.454 e. The first-order valence-corrected chi connectivity index (χ1v) is 7.86. The van der Waals surface area contributed by atoms with Crippen LogP contribution in [0.5, 0.6) is 0 Å². The Morgan fingerprint density at radius 1 is 1.40 bits per heavy atom. The third-order valence-corrected chi connectivity index (χ3v) is 3.71. The van der Waals surface area contributed by atoms with Crippen LogP contribution in [-0.2, 0) is 14.3 Å². The van der Waals surface area contributed by atoms with Crippen LogP contribution < -0.4 is 10.6 Å². The summed E-state index contributed by atoms with van der Waals surface area (Å²) in [4.78, 5) is 45.4. The molecule has 1 atom stereocenters. The van der Waals surface area contributed by atoms with Crippen LogP contribution >= 0.6 is 11.6 Å². The van der Waals surface area contributed by atoms with Gasteiger partial charge in [-0.1, -0.05) is 11.6 Å². The molecule has 0 unspecified atom stereocenters. The van der Waals surface area contributed by atoms with Crippen molar-refractivity contribution in [3.8, 4) is 0 Å². The van der Waals surface area contributed by atoms with Gasteiger partial charge in [0.25, 0.3) is 17.5 Å². The van der Waals surface area contributed by atoms with Crippen molar-refractivity contribution >= 4 is 35.1 Å². The normalized spacial score (nSPS) is 14.3. The van der Waals surface area contributed by atoms with E-state index < -0.39 is 41.0 Å². The molecule has 0 saturated heterocycles. The molecule has 0 bridgehead atoms. The number of nitrogens with zero attached hydrogens (tertiary/aromatic N) is 1. The summed E-state index contributed by atoms with van der Waals surface area (Å²) in [6, 6.07) is 2.66. The van der Waals surface area contributed by atoms with Gasteiger partial charge in [-0.05, 0) is 31.9 Å². The highest BCUT2D eigenvalue weighted by Gasteiger charge is 2.25. The lowest BCUT2D eigenvalue weighted by Gasteiger charge is -2.13. The second-order valence-electron chi connectivity index (χ2n) is 5.57. The Hall–Kier alpha value is -2.68. The van der Waals surface area contributed by atoms with Gasteiger partial charge in [0.15, 0.2) is 6.61 Å². The number of halogens is 1. The summed E-state index contributed by atoms with van der Waals surface area (Å²) >= 11 is 5.68. The fraction of sp³-hybridized carbons (Fsp3) is 0.400. The predicted octanol–water partition coefficient (Wildman–Crippen LogP) is 1.19. The van der Waals surface area contributed by atoms with Crippen molar-refractivity contribution in [3.05, 3.63) is 38.9 Å². The van der Waals surface area contributed by atoms with Crippen molar-refractivity contribution in [1.29, 1.82) is 0 Å². The lowest BCUT2D eigenvalue weighted by molar-refractivity contribution is -0.384. The van der Waals surface area contributed by atoms with E-state index in [1.54, 1.807) is 0 Å². The van der Waals surface area contributed by atoms with Crippen LogP contribution in [0.15, 0.2) is 18.2 Å². The second-order valence-corrected chi connectivity index (χ2v) is 5.98. The minimum absolute atomic E-state index is 0.0257. The first kappa shape index (κ1) is 18.7. The second kappa shape index (κ2) is 7.93. The highest BCUT2D eigenvalue weighted by Crippen LogP contribution is 2.25. The molecule has 1 aliphatic carbocycles. The van der Waals surface area contributed by atoms with E-state index in [-0.39, 0.29) is 16.6 Å². The molecule has 2 N–H and O–H groups in total. The van der Waals surface area contributed by atoms with E-state index in [0.717, 1.165) is 18.9 Å². The fourth-order valence-electron chi connectivity index (χ4n) is 1.89. The molecule has 0 aromatic heterocycles. The lowest BCUT2D eigenvalue weighted by atomic mass is 10.1. The van der Waals surface area contributed by atoms with Crippen molar-refractivity contribution < 1.29 is 24.0 Å². The van der Waals surface area contributed by atoms with Gasteiger partial charge < -0.3 is 15.4 Å². The molecular formula is C15H16ClN3O6. The van der Waals surface area contributed by atoms with Gasteiger partial charge in [-0.25, -0.2) is 4.79 Å². The maximum atomic E-state index is 12.1. The summed E-state index contributed by atoms with van der Waals surface area (Å²) in [5, 5.41) is 15.7. The Bertz CT molecular complexity index is 719. The number of carbonyl (C=O) groups excluding carboxylic acids is 3. The van der Waals surface area contributed by atoms with Crippen molar-refractivity contribution in [1.82, 2.24) is 10.6 Å². The van der Waals surface area contributed by atoms with Crippen LogP contribution in [0.2, 0.25) is 5.02 Å². The van der Waals surface area contributed by atoms with E-state index in [4.69, 9.17) is 16.3 Å². The standard InChI is InChI=1S/C15H16ClN3O6/c1-8(15(22)25-7-13(20)18-10-3-4-10)17-14(21)9-2-5-11(16)12(6-9)19(23)24/h2,5-6,8,10H,3-4,7H2,1H3,(H,17,21)(H,18,20)/t8-/m0/s1. The molecule has 9 nitrogen and oxygen atoms in total. The fourth-order valence-corrected chi connectivity index (χ4v) is 2.08. The monoisotopic (exact) mass is 369 g/mol. The molecule has 1 aromatic carbocycles. The summed E-state index contributed by atoms with van der Waals surface area (Å²) < 4.78 is 4.82. The number of nitro groups is 1. The number of hydrogen-bond acceptors (Lipinski definition) is 6. The topological polar surface area (TPSA) is 128 Å². The number of amides is 2. The Balaban J connectivity index is 1.88. The van der Waals surface area contributed by atoms with Crippen LogP contribution in [0.3, 0.4) is 0 Å². The molecule has 1 fully saturated rings. The van der Waals surface area contributed by atoms with Gasteiger partial charge in [0.1, 0.15) is 11.1 Å². The van der Waals surface area contributed by atoms with Gasteiger partial charge in [-0.2, -0.15) is 0 Å². The zero-order valence-corrected chi connectivity index (χ0v) is 14.0. The summed E-state index contributed by atoms with van der Waals surface area (Å²) in [7, 11) is 0. The van der Waals surface area contributed by atoms with Crippen LogP contribution in [0.1, 0.15) is 30.1 Å². The number of nitrogens with one attached hydrogen (secondary N) is 2. The summed E-state index contributed by atoms with van der Waals surface area (Å²) in [6.07, 6.45) is 1.83. The number of esters is 1. The zero-order chi connectivity index (χ0) is 18.6. The van der Waals surface area contributed by atoms with Crippen LogP contribution in [0, 0.1) is 10.1 Å². The molecular weight excluding hydrogens is 354 g/mol. The molecule has 1 saturated carbocycles. The van der Waals surface area contributed by atoms with E-state index in [0.29, 0.717) is 0 Å². The summed E-state index contributed by atoms with van der Waals surface area (Å²) in [5.41, 5.74) is -0.441. The maximum absolute atomic E-state index is 12.1. The molecule has 10 heteroatoms. The zero-order valence-electron chi connectivity index (χ0n) is 13.3. The SMILES string of the molecule is C[C@H](NC(=O)c1ccc(Cl)c([N+](=O)[O-])c1)C(=O)OCC(=O)NC1CC1. The van der Waals surface area contributed by atoms with Crippen molar-refractivity contribution in [2.75, 3.05) is 6.61 Å². The first-order valence-electron chi connectivity index (χ1n) is 7.48. The van der Waals surface area contributed by atoms with Gasteiger partial charge in [0, 0.05) is 17.7 Å². The lowest BCUT2D eigenvalue weighted by Crippen LogP contribution is -2.41. The van der Waals surface area contributed by atoms with Crippen molar-refractivity contribution in [2.45, 2.75) is 31.8 Å². The Kier molecular flexibility index (Phi) is 5.92. The summed E-state index contributed by atoms with van der Waals surface area (Å²) in [6.45, 7) is 0.950. The summed E-state index contributed by atoms with van der Waals surface area (Å²) in [5.74, 6) is -1.89. The molecule has 1 aliphatic rings. The average Bonchev–Trinajstić information content (AvgIpc) is 3.36. The maximum Gasteiger partial charge on any atom is 0.328 e. The number of nitro benzene ring substituents is 1. The molecule has 2 amide bonds. The molecule has 134 valence electrons. The van der Waals surface area contributed by atoms with Gasteiger partial charge in [-0.15, -0.1) is 0 Å². The number of benzene rings is 1. The molecule has 0 radical (unpaired) electrons. The Morgan fingerprint density at radius 2 is 2.08 bits per heavy atom. The molecule has 0 spiro atoms. The number of hydrogen-bond donors (Lipinski definition) is 2. The van der Waals surface area contributed by atoms with Crippen molar-refractivity contribution in [3.63, 3.8) is 0 Å². The number of rotatable bonds is 7. The minimum atomic E-state index is -1.03. The highest BCUT2D eigenvalue weighted by atomic mass is 35.5. The Labute approximate surface area is 147 Å². The highest BCUT2D eigenvalue weighted by molar-refractivity contribution is 6.32. The van der Waals surface area contributed by atoms with Gasteiger partial charge in [0.2, 0.25) is 0 Å². The molecule has 0 heterocycles. The van der Waals surface area contributed by atoms with Crippen LogP contribution in [0.4, 0.5) is 5.69 Å². The number of ether oxygens (including phenoxy) is 1. The van der Waals surface area contributed by atoms with Gasteiger partial charge in [-0.3, -0.25) is 19.7 Å². The number of carbonyl (C=O) groups is 3.